The zero-order chi connectivity index (χ0) is 13.5. The molecule has 0 bridgehead atoms. The molecule has 1 aliphatic heterocycles. The van der Waals surface area contributed by atoms with E-state index in [1.165, 1.54) is 0 Å². The van der Waals surface area contributed by atoms with E-state index in [0.717, 1.165) is 32.5 Å². The summed E-state index contributed by atoms with van der Waals surface area (Å²) in [5.41, 5.74) is 0. The lowest BCUT2D eigenvalue weighted by Gasteiger charge is -2.30. The zero-order valence-corrected chi connectivity index (χ0v) is 11.5. The fourth-order valence-electron chi connectivity index (χ4n) is 2.37. The highest BCUT2D eigenvalue weighted by molar-refractivity contribution is 5.70. The Balaban J connectivity index is 1.67. The minimum atomic E-state index is -0.357. The van der Waals surface area contributed by atoms with Gasteiger partial charge in [0, 0.05) is 6.54 Å². The van der Waals surface area contributed by atoms with Crippen LogP contribution in [-0.4, -0.2) is 37.2 Å². The van der Waals surface area contributed by atoms with Crippen LogP contribution in [0.15, 0.2) is 30.3 Å². The van der Waals surface area contributed by atoms with Crippen molar-refractivity contribution in [3.05, 3.63) is 30.3 Å². The SMILES string of the molecule is CCN1CCC(CNC(=O)Oc2ccccc2)CC1. The number of para-hydroxylation sites is 1. The van der Waals surface area contributed by atoms with Gasteiger partial charge in [-0.2, -0.15) is 0 Å². The smallest absolute Gasteiger partial charge is 0.410 e. The Hall–Kier alpha value is -1.55. The summed E-state index contributed by atoms with van der Waals surface area (Å²) in [6.45, 7) is 6.29. The van der Waals surface area contributed by atoms with E-state index in [1.54, 1.807) is 12.1 Å². The van der Waals surface area contributed by atoms with Gasteiger partial charge >= 0.3 is 6.09 Å². The molecule has 0 spiro atoms. The first-order chi connectivity index (χ1) is 9.28. The van der Waals surface area contributed by atoms with Gasteiger partial charge < -0.3 is 15.0 Å². The lowest BCUT2D eigenvalue weighted by molar-refractivity contribution is 0.177. The minimum absolute atomic E-state index is 0.357. The number of hydrogen-bond acceptors (Lipinski definition) is 3. The van der Waals surface area contributed by atoms with Gasteiger partial charge in [-0.05, 0) is 50.5 Å². The number of carbonyl (C=O) groups is 1. The number of benzene rings is 1. The Morgan fingerprint density at radius 2 is 2.00 bits per heavy atom. The second kappa shape index (κ2) is 7.14. The molecule has 1 saturated heterocycles. The molecule has 1 aliphatic rings. The molecule has 0 atom stereocenters. The first-order valence-corrected chi connectivity index (χ1v) is 7.01. The van der Waals surface area contributed by atoms with Crippen molar-refractivity contribution in [1.29, 1.82) is 0 Å². The Labute approximate surface area is 114 Å². The molecule has 1 aromatic rings. The summed E-state index contributed by atoms with van der Waals surface area (Å²) in [5.74, 6) is 1.16. The normalized spacial score (nSPS) is 17.1. The van der Waals surface area contributed by atoms with E-state index in [-0.39, 0.29) is 6.09 Å². The Kier molecular flexibility index (Phi) is 5.21. The highest BCUT2D eigenvalue weighted by Gasteiger charge is 2.18. The molecule has 1 fully saturated rings. The third kappa shape index (κ3) is 4.56. The van der Waals surface area contributed by atoms with Gasteiger partial charge in [0.05, 0.1) is 0 Å². The molecular weight excluding hydrogens is 240 g/mol. The minimum Gasteiger partial charge on any atom is -0.410 e. The third-order valence-electron chi connectivity index (χ3n) is 3.64. The number of hydrogen-bond donors (Lipinski definition) is 1. The van der Waals surface area contributed by atoms with E-state index in [2.05, 4.69) is 17.1 Å². The first kappa shape index (κ1) is 13.9. The highest BCUT2D eigenvalue weighted by atomic mass is 16.5. The van der Waals surface area contributed by atoms with Gasteiger partial charge in [-0.1, -0.05) is 25.1 Å². The number of amides is 1. The Morgan fingerprint density at radius 1 is 1.32 bits per heavy atom. The van der Waals surface area contributed by atoms with Gasteiger partial charge in [-0.3, -0.25) is 0 Å². The van der Waals surface area contributed by atoms with Crippen LogP contribution in [0.25, 0.3) is 0 Å². The molecule has 19 heavy (non-hydrogen) atoms. The fraction of sp³-hybridized carbons (Fsp3) is 0.533. The first-order valence-electron chi connectivity index (χ1n) is 7.01. The van der Waals surface area contributed by atoms with Crippen LogP contribution in [0, 0.1) is 5.92 Å². The lowest BCUT2D eigenvalue weighted by Crippen LogP contribution is -2.39. The number of nitrogens with one attached hydrogen (secondary N) is 1. The van der Waals surface area contributed by atoms with Gasteiger partial charge in [0.1, 0.15) is 5.75 Å². The van der Waals surface area contributed by atoms with E-state index in [9.17, 15) is 4.79 Å². The van der Waals surface area contributed by atoms with Gasteiger partial charge in [-0.15, -0.1) is 0 Å². The van der Waals surface area contributed by atoms with E-state index >= 15 is 0 Å². The Bertz CT molecular complexity index is 386. The molecule has 0 unspecified atom stereocenters. The average Bonchev–Trinajstić information content (AvgIpc) is 2.47. The van der Waals surface area contributed by atoms with E-state index in [4.69, 9.17) is 4.74 Å². The molecule has 0 saturated carbocycles. The van der Waals surface area contributed by atoms with Crippen LogP contribution < -0.4 is 10.1 Å². The number of piperidine rings is 1. The maximum Gasteiger partial charge on any atom is 0.412 e. The number of carbonyl (C=O) groups excluding carboxylic acids is 1. The fourth-order valence-corrected chi connectivity index (χ4v) is 2.37. The van der Waals surface area contributed by atoms with Gasteiger partial charge in [0.2, 0.25) is 0 Å². The van der Waals surface area contributed by atoms with Gasteiger partial charge in [-0.25, -0.2) is 4.79 Å². The van der Waals surface area contributed by atoms with E-state index < -0.39 is 0 Å². The molecule has 0 radical (unpaired) electrons. The largest absolute Gasteiger partial charge is 0.412 e. The van der Waals surface area contributed by atoms with Crippen molar-refractivity contribution in [2.75, 3.05) is 26.2 Å². The molecule has 1 aromatic carbocycles. The third-order valence-corrected chi connectivity index (χ3v) is 3.64. The highest BCUT2D eigenvalue weighted by Crippen LogP contribution is 2.16. The van der Waals surface area contributed by atoms with Crippen LogP contribution in [-0.2, 0) is 0 Å². The number of nitrogens with zero attached hydrogens (tertiary/aromatic N) is 1. The van der Waals surface area contributed by atoms with Crippen LogP contribution in [0.1, 0.15) is 19.8 Å². The average molecular weight is 262 g/mol. The van der Waals surface area contributed by atoms with Crippen molar-refractivity contribution >= 4 is 6.09 Å². The summed E-state index contributed by atoms with van der Waals surface area (Å²) < 4.78 is 5.19. The second-order valence-electron chi connectivity index (χ2n) is 4.96. The molecule has 0 aliphatic carbocycles. The molecule has 1 N–H and O–H groups in total. The van der Waals surface area contributed by atoms with Crippen molar-refractivity contribution in [2.24, 2.45) is 5.92 Å². The number of rotatable bonds is 4. The maximum absolute atomic E-state index is 11.6. The van der Waals surface area contributed by atoms with Crippen LogP contribution in [0.3, 0.4) is 0 Å². The molecule has 104 valence electrons. The summed E-state index contributed by atoms with van der Waals surface area (Å²) in [6, 6.07) is 9.15. The van der Waals surface area contributed by atoms with E-state index in [0.29, 0.717) is 18.2 Å². The van der Waals surface area contributed by atoms with E-state index in [1.807, 2.05) is 18.2 Å². The summed E-state index contributed by atoms with van der Waals surface area (Å²) in [4.78, 5) is 14.1. The van der Waals surface area contributed by atoms with Gasteiger partial charge in [0.15, 0.2) is 0 Å². The van der Waals surface area contributed by atoms with Crippen LogP contribution in [0.5, 0.6) is 5.75 Å². The van der Waals surface area contributed by atoms with Crippen LogP contribution in [0.4, 0.5) is 4.79 Å². The summed E-state index contributed by atoms with van der Waals surface area (Å²) in [6.07, 6.45) is 1.95. The summed E-state index contributed by atoms with van der Waals surface area (Å²) in [7, 11) is 0. The number of ether oxygens (including phenoxy) is 1. The quantitative estimate of drug-likeness (QED) is 0.906. The van der Waals surface area contributed by atoms with Gasteiger partial charge in [0.25, 0.3) is 0 Å². The molecule has 1 amide bonds. The molecule has 1 heterocycles. The summed E-state index contributed by atoms with van der Waals surface area (Å²) in [5, 5.41) is 2.85. The topological polar surface area (TPSA) is 41.6 Å². The predicted octanol–water partition coefficient (Wildman–Crippen LogP) is 2.51. The molecule has 0 aromatic heterocycles. The van der Waals surface area contributed by atoms with Crippen molar-refractivity contribution in [1.82, 2.24) is 10.2 Å². The second-order valence-corrected chi connectivity index (χ2v) is 4.96. The maximum atomic E-state index is 11.6. The standard InChI is InChI=1S/C15H22N2O2/c1-2-17-10-8-13(9-11-17)12-16-15(18)19-14-6-4-3-5-7-14/h3-7,13H,2,8-12H2,1H3,(H,16,18). The zero-order valence-electron chi connectivity index (χ0n) is 11.5. The van der Waals surface area contributed by atoms with Crippen molar-refractivity contribution in [2.45, 2.75) is 19.8 Å². The van der Waals surface area contributed by atoms with Crippen molar-refractivity contribution in [3.8, 4) is 5.75 Å². The summed E-state index contributed by atoms with van der Waals surface area (Å²) >= 11 is 0. The predicted molar refractivity (Wildman–Crippen MR) is 75.3 cm³/mol. The molecule has 4 nitrogen and oxygen atoms in total. The molecular formula is C15H22N2O2. The van der Waals surface area contributed by atoms with Crippen molar-refractivity contribution < 1.29 is 9.53 Å². The number of likely N-dealkylation sites (tertiary alicyclic amines) is 1. The Morgan fingerprint density at radius 3 is 2.63 bits per heavy atom. The molecule has 2 rings (SSSR count). The molecule has 4 heteroatoms. The van der Waals surface area contributed by atoms with Crippen molar-refractivity contribution in [3.63, 3.8) is 0 Å². The monoisotopic (exact) mass is 262 g/mol. The lowest BCUT2D eigenvalue weighted by atomic mass is 9.97. The van der Waals surface area contributed by atoms with Crippen LogP contribution in [0.2, 0.25) is 0 Å². The van der Waals surface area contributed by atoms with Crippen LogP contribution >= 0.6 is 0 Å².